The molecule has 0 spiro atoms. The number of benzene rings is 2. The molecule has 7 heteroatoms. The molecule has 1 fully saturated rings. The molecule has 0 radical (unpaired) electrons. The van der Waals surface area contributed by atoms with Gasteiger partial charge >= 0.3 is 5.69 Å². The van der Waals surface area contributed by atoms with Crippen molar-refractivity contribution in [3.8, 4) is 0 Å². The van der Waals surface area contributed by atoms with Gasteiger partial charge in [-0.25, -0.2) is 9.79 Å². The number of aromatic nitrogens is 2. The SMILES string of the molecule is CC(C)c1ccccc1N=C1SCCCN1C(=O)CCn1c(=O)n(C)c2ccccc21. The second-order valence-electron chi connectivity index (χ2n) is 8.09. The number of amides is 1. The van der Waals surface area contributed by atoms with Crippen LogP contribution < -0.4 is 5.69 Å². The first-order chi connectivity index (χ1) is 15.0. The molecule has 0 atom stereocenters. The van der Waals surface area contributed by atoms with E-state index in [0.29, 0.717) is 19.0 Å². The van der Waals surface area contributed by atoms with Crippen LogP contribution in [0.4, 0.5) is 5.69 Å². The molecule has 0 unspecified atom stereocenters. The summed E-state index contributed by atoms with van der Waals surface area (Å²) in [5.41, 5.74) is 3.74. The van der Waals surface area contributed by atoms with E-state index in [1.165, 1.54) is 5.56 Å². The minimum Gasteiger partial charge on any atom is -0.295 e. The number of amidine groups is 1. The van der Waals surface area contributed by atoms with E-state index in [-0.39, 0.29) is 18.0 Å². The van der Waals surface area contributed by atoms with Gasteiger partial charge in [0.25, 0.3) is 0 Å². The Bertz CT molecular complexity index is 1190. The molecule has 1 aromatic heterocycles. The van der Waals surface area contributed by atoms with Gasteiger partial charge in [0.05, 0.1) is 16.7 Å². The molecule has 1 amide bonds. The Hall–Kier alpha value is -2.80. The van der Waals surface area contributed by atoms with Crippen molar-refractivity contribution in [1.29, 1.82) is 0 Å². The minimum absolute atomic E-state index is 0.00723. The second-order valence-corrected chi connectivity index (χ2v) is 9.15. The van der Waals surface area contributed by atoms with Crippen LogP contribution in [0.15, 0.2) is 58.3 Å². The van der Waals surface area contributed by atoms with Gasteiger partial charge in [-0.1, -0.05) is 55.9 Å². The first kappa shape index (κ1) is 21.4. The van der Waals surface area contributed by atoms with Gasteiger partial charge in [-0.05, 0) is 36.1 Å². The number of thioether (sulfide) groups is 1. The fourth-order valence-corrected chi connectivity index (χ4v) is 4.95. The predicted molar refractivity (Wildman–Crippen MR) is 128 cm³/mol. The number of para-hydroxylation sites is 3. The largest absolute Gasteiger partial charge is 0.328 e. The summed E-state index contributed by atoms with van der Waals surface area (Å²) in [5, 5.41) is 0.759. The van der Waals surface area contributed by atoms with Crippen molar-refractivity contribution < 1.29 is 4.79 Å². The van der Waals surface area contributed by atoms with Crippen molar-refractivity contribution in [1.82, 2.24) is 14.0 Å². The average molecular weight is 437 g/mol. The van der Waals surface area contributed by atoms with Crippen LogP contribution in [0.2, 0.25) is 0 Å². The van der Waals surface area contributed by atoms with Crippen LogP contribution in [0.1, 0.15) is 38.2 Å². The van der Waals surface area contributed by atoms with Gasteiger partial charge < -0.3 is 0 Å². The van der Waals surface area contributed by atoms with Crippen LogP contribution in [0, 0.1) is 0 Å². The van der Waals surface area contributed by atoms with Crippen LogP contribution in [-0.2, 0) is 18.4 Å². The van der Waals surface area contributed by atoms with Crippen LogP contribution in [0.5, 0.6) is 0 Å². The van der Waals surface area contributed by atoms with E-state index >= 15 is 0 Å². The molecule has 6 nitrogen and oxygen atoms in total. The molecule has 0 N–H and O–H groups in total. The zero-order valence-corrected chi connectivity index (χ0v) is 19.1. The molecular formula is C24H28N4O2S. The lowest BCUT2D eigenvalue weighted by Gasteiger charge is -2.28. The molecule has 4 rings (SSSR count). The number of fused-ring (bicyclic) bond motifs is 1. The quantitative estimate of drug-likeness (QED) is 0.591. The smallest absolute Gasteiger partial charge is 0.295 e. The number of rotatable bonds is 5. The van der Waals surface area contributed by atoms with E-state index in [0.717, 1.165) is 34.1 Å². The summed E-state index contributed by atoms with van der Waals surface area (Å²) in [4.78, 5) is 32.5. The first-order valence-electron chi connectivity index (χ1n) is 10.7. The van der Waals surface area contributed by atoms with Crippen LogP contribution >= 0.6 is 11.8 Å². The molecule has 1 aliphatic rings. The molecule has 1 aliphatic heterocycles. The van der Waals surface area contributed by atoms with E-state index in [1.807, 2.05) is 42.5 Å². The lowest BCUT2D eigenvalue weighted by Crippen LogP contribution is -2.40. The van der Waals surface area contributed by atoms with Crippen LogP contribution in [0.3, 0.4) is 0 Å². The summed E-state index contributed by atoms with van der Waals surface area (Å²) < 4.78 is 3.32. The maximum Gasteiger partial charge on any atom is 0.328 e. The molecular weight excluding hydrogens is 408 g/mol. The maximum absolute atomic E-state index is 13.2. The van der Waals surface area contributed by atoms with E-state index in [1.54, 1.807) is 32.8 Å². The van der Waals surface area contributed by atoms with Crippen molar-refractivity contribution in [3.05, 3.63) is 64.6 Å². The molecule has 2 aromatic carbocycles. The van der Waals surface area contributed by atoms with Crippen molar-refractivity contribution in [2.45, 2.75) is 39.2 Å². The minimum atomic E-state index is -0.0956. The Morgan fingerprint density at radius 1 is 1.10 bits per heavy atom. The average Bonchev–Trinajstić information content (AvgIpc) is 3.03. The van der Waals surface area contributed by atoms with Gasteiger partial charge in [0.2, 0.25) is 5.91 Å². The fourth-order valence-electron chi connectivity index (χ4n) is 3.99. The van der Waals surface area contributed by atoms with Crippen LogP contribution in [-0.4, -0.2) is 37.4 Å². The van der Waals surface area contributed by atoms with E-state index in [4.69, 9.17) is 4.99 Å². The summed E-state index contributed by atoms with van der Waals surface area (Å²) >= 11 is 1.63. The Kier molecular flexibility index (Phi) is 6.32. The van der Waals surface area contributed by atoms with E-state index < -0.39 is 0 Å². The maximum atomic E-state index is 13.2. The third kappa shape index (κ3) is 4.32. The fraction of sp³-hybridized carbons (Fsp3) is 0.375. The standard InChI is InChI=1S/C24H28N4O2S/c1-17(2)18-9-4-5-10-19(18)25-23-28(14-8-16-31-23)22(29)13-15-27-21-12-7-6-11-20(21)26(3)24(27)30/h4-7,9-12,17H,8,13-16H2,1-3H3. The molecule has 0 bridgehead atoms. The number of nitrogens with zero attached hydrogens (tertiary/aromatic N) is 4. The molecule has 1 saturated heterocycles. The van der Waals surface area contributed by atoms with Gasteiger partial charge in [0, 0.05) is 32.3 Å². The molecule has 162 valence electrons. The zero-order valence-electron chi connectivity index (χ0n) is 18.2. The van der Waals surface area contributed by atoms with Crippen molar-refractivity contribution in [3.63, 3.8) is 0 Å². The first-order valence-corrected chi connectivity index (χ1v) is 11.7. The second kappa shape index (κ2) is 9.14. The summed E-state index contributed by atoms with van der Waals surface area (Å²) in [6.45, 7) is 5.32. The highest BCUT2D eigenvalue weighted by atomic mass is 32.2. The molecule has 31 heavy (non-hydrogen) atoms. The van der Waals surface area contributed by atoms with Gasteiger partial charge in [-0.3, -0.25) is 18.8 Å². The predicted octanol–water partition coefficient (Wildman–Crippen LogP) is 4.51. The normalized spacial score (nSPS) is 15.9. The number of imidazole rings is 1. The van der Waals surface area contributed by atoms with Crippen molar-refractivity contribution in [2.24, 2.45) is 12.0 Å². The highest BCUT2D eigenvalue weighted by Crippen LogP contribution is 2.29. The molecule has 0 saturated carbocycles. The van der Waals surface area contributed by atoms with Gasteiger partial charge in [-0.15, -0.1) is 0 Å². The Balaban J connectivity index is 1.57. The molecule has 2 heterocycles. The van der Waals surface area contributed by atoms with E-state index in [2.05, 4.69) is 19.9 Å². The number of carbonyl (C=O) groups excluding carboxylic acids is 1. The number of aryl methyl sites for hydroxylation is 2. The van der Waals surface area contributed by atoms with Gasteiger partial charge in [0.1, 0.15) is 0 Å². The summed E-state index contributed by atoms with van der Waals surface area (Å²) in [7, 11) is 1.77. The monoisotopic (exact) mass is 436 g/mol. The Labute approximate surface area is 186 Å². The van der Waals surface area contributed by atoms with Crippen molar-refractivity contribution >= 4 is 39.6 Å². The molecule has 3 aromatic rings. The summed E-state index contributed by atoms with van der Waals surface area (Å²) in [5.74, 6) is 1.32. The number of aliphatic imine (C=N–C) groups is 1. The summed E-state index contributed by atoms with van der Waals surface area (Å²) in [6, 6.07) is 15.8. The Morgan fingerprint density at radius 3 is 2.58 bits per heavy atom. The third-order valence-corrected chi connectivity index (χ3v) is 6.73. The topological polar surface area (TPSA) is 59.6 Å². The number of carbonyl (C=O) groups is 1. The summed E-state index contributed by atoms with van der Waals surface area (Å²) in [6.07, 6.45) is 1.20. The van der Waals surface area contributed by atoms with Crippen molar-refractivity contribution in [2.75, 3.05) is 12.3 Å². The zero-order chi connectivity index (χ0) is 22.0. The Morgan fingerprint density at radius 2 is 1.81 bits per heavy atom. The number of hydrogen-bond acceptors (Lipinski definition) is 4. The highest BCUT2D eigenvalue weighted by Gasteiger charge is 2.24. The highest BCUT2D eigenvalue weighted by molar-refractivity contribution is 8.13. The third-order valence-electron chi connectivity index (χ3n) is 5.67. The van der Waals surface area contributed by atoms with Crippen LogP contribution in [0.25, 0.3) is 11.0 Å². The number of hydrogen-bond donors (Lipinski definition) is 0. The van der Waals surface area contributed by atoms with Gasteiger partial charge in [0.15, 0.2) is 5.17 Å². The lowest BCUT2D eigenvalue weighted by atomic mass is 10.0. The van der Waals surface area contributed by atoms with E-state index in [9.17, 15) is 9.59 Å². The lowest BCUT2D eigenvalue weighted by molar-refractivity contribution is -0.127. The molecule has 0 aliphatic carbocycles. The van der Waals surface area contributed by atoms with Gasteiger partial charge in [-0.2, -0.15) is 0 Å².